The Bertz CT molecular complexity index is 268. The van der Waals surface area contributed by atoms with E-state index in [-0.39, 0.29) is 0 Å². The van der Waals surface area contributed by atoms with Gasteiger partial charge in [0.2, 0.25) is 4.67 Å². The second-order valence-electron chi connectivity index (χ2n) is 3.54. The fourth-order valence-corrected chi connectivity index (χ4v) is 2.11. The van der Waals surface area contributed by atoms with E-state index in [0.717, 1.165) is 29.2 Å². The number of rotatable bonds is 2. The third kappa shape index (κ3) is 2.54. The monoisotopic (exact) mass is 244 g/mol. The third-order valence-electron chi connectivity index (χ3n) is 2.43. The zero-order valence-electron chi connectivity index (χ0n) is 7.42. The number of hydrogen-bond donors (Lipinski definition) is 1. The van der Waals surface area contributed by atoms with Crippen molar-refractivity contribution in [2.75, 3.05) is 13.1 Å². The van der Waals surface area contributed by atoms with Crippen LogP contribution in [0.15, 0.2) is 15.3 Å². The third-order valence-corrected chi connectivity index (χ3v) is 2.80. The van der Waals surface area contributed by atoms with Crippen LogP contribution in [0.5, 0.6) is 0 Å². The lowest BCUT2D eigenvalue weighted by Crippen LogP contribution is -2.30. The van der Waals surface area contributed by atoms with Crippen LogP contribution >= 0.6 is 15.9 Å². The maximum absolute atomic E-state index is 4.95. The second kappa shape index (κ2) is 4.24. The average Bonchev–Trinajstić information content (AvgIpc) is 2.53. The predicted octanol–water partition coefficient (Wildman–Crippen LogP) is 1.98. The molecule has 4 heteroatoms. The molecule has 72 valence electrons. The number of hydrogen-bond acceptors (Lipinski definition) is 3. The molecule has 0 spiro atoms. The minimum absolute atomic E-state index is 0.728. The van der Waals surface area contributed by atoms with Crippen molar-refractivity contribution in [3.8, 4) is 0 Å². The van der Waals surface area contributed by atoms with E-state index in [0.29, 0.717) is 0 Å². The lowest BCUT2D eigenvalue weighted by Gasteiger charge is -2.21. The van der Waals surface area contributed by atoms with E-state index in [1.54, 1.807) is 0 Å². The summed E-state index contributed by atoms with van der Waals surface area (Å²) in [5.74, 6) is 0.728. The lowest BCUT2D eigenvalue weighted by molar-refractivity contribution is 0.354. The van der Waals surface area contributed by atoms with Gasteiger partial charge in [0.25, 0.3) is 0 Å². The first-order valence-electron chi connectivity index (χ1n) is 4.66. The maximum atomic E-state index is 4.95. The molecule has 1 aliphatic rings. The quantitative estimate of drug-likeness (QED) is 0.865. The van der Waals surface area contributed by atoms with Gasteiger partial charge in [-0.2, -0.15) is 0 Å². The average molecular weight is 245 g/mol. The van der Waals surface area contributed by atoms with E-state index >= 15 is 0 Å². The second-order valence-corrected chi connectivity index (χ2v) is 4.32. The van der Waals surface area contributed by atoms with Crippen LogP contribution in [-0.2, 0) is 6.42 Å². The van der Waals surface area contributed by atoms with Crippen LogP contribution in [0.25, 0.3) is 0 Å². The first kappa shape index (κ1) is 9.21. The standard InChI is InChI=1S/C9H13BrN2O/c10-9-5-8(12-13-9)4-7-2-1-3-11-6-7/h5,7,11H,1-4,6H2. The Morgan fingerprint density at radius 2 is 2.62 bits per heavy atom. The normalized spacial score (nSPS) is 23.3. The van der Waals surface area contributed by atoms with Crippen LogP contribution in [0.1, 0.15) is 18.5 Å². The zero-order valence-corrected chi connectivity index (χ0v) is 9.01. The van der Waals surface area contributed by atoms with E-state index in [1.807, 2.05) is 6.07 Å². The summed E-state index contributed by atoms with van der Waals surface area (Å²) in [5, 5.41) is 7.35. The van der Waals surface area contributed by atoms with E-state index in [4.69, 9.17) is 4.52 Å². The highest BCUT2D eigenvalue weighted by molar-refractivity contribution is 9.10. The number of aromatic nitrogens is 1. The Hall–Kier alpha value is -0.350. The van der Waals surface area contributed by atoms with E-state index in [9.17, 15) is 0 Å². The molecule has 0 saturated carbocycles. The van der Waals surface area contributed by atoms with Gasteiger partial charge < -0.3 is 9.84 Å². The molecule has 3 nitrogen and oxygen atoms in total. The summed E-state index contributed by atoms with van der Waals surface area (Å²) in [4.78, 5) is 0. The molecule has 1 aromatic heterocycles. The number of nitrogens with zero attached hydrogens (tertiary/aromatic N) is 1. The SMILES string of the molecule is Brc1cc(CC2CCCNC2)no1. The summed E-state index contributed by atoms with van der Waals surface area (Å²) in [6.45, 7) is 2.28. The molecule has 2 rings (SSSR count). The molecule has 0 amide bonds. The fraction of sp³-hybridized carbons (Fsp3) is 0.667. The summed E-state index contributed by atoms with van der Waals surface area (Å²) in [6.07, 6.45) is 3.61. The van der Waals surface area contributed by atoms with Crippen molar-refractivity contribution in [3.63, 3.8) is 0 Å². The minimum Gasteiger partial charge on any atom is -0.349 e. The largest absolute Gasteiger partial charge is 0.349 e. The number of halogens is 1. The van der Waals surface area contributed by atoms with Gasteiger partial charge in [-0.3, -0.25) is 0 Å². The van der Waals surface area contributed by atoms with Crippen LogP contribution in [-0.4, -0.2) is 18.2 Å². The Morgan fingerprint density at radius 1 is 1.69 bits per heavy atom. The molecule has 0 bridgehead atoms. The molecule has 1 unspecified atom stereocenters. The molecule has 1 aliphatic heterocycles. The molecule has 1 saturated heterocycles. The zero-order chi connectivity index (χ0) is 9.10. The lowest BCUT2D eigenvalue weighted by atomic mass is 9.95. The van der Waals surface area contributed by atoms with Gasteiger partial charge >= 0.3 is 0 Å². The highest BCUT2D eigenvalue weighted by Gasteiger charge is 2.15. The topological polar surface area (TPSA) is 38.1 Å². The van der Waals surface area contributed by atoms with Crippen LogP contribution < -0.4 is 5.32 Å². The summed E-state index contributed by atoms with van der Waals surface area (Å²) < 4.78 is 5.68. The van der Waals surface area contributed by atoms with Crippen LogP contribution in [0.4, 0.5) is 0 Å². The molecule has 0 aromatic carbocycles. The molecule has 1 fully saturated rings. The molecular formula is C9H13BrN2O. The summed E-state index contributed by atoms with van der Waals surface area (Å²) >= 11 is 3.25. The smallest absolute Gasteiger partial charge is 0.202 e. The van der Waals surface area contributed by atoms with Gasteiger partial charge in [0, 0.05) is 6.07 Å². The molecular weight excluding hydrogens is 232 g/mol. The van der Waals surface area contributed by atoms with Crippen LogP contribution in [0.2, 0.25) is 0 Å². The van der Waals surface area contributed by atoms with E-state index in [1.165, 1.54) is 19.4 Å². The van der Waals surface area contributed by atoms with Gasteiger partial charge in [-0.15, -0.1) is 0 Å². The predicted molar refractivity (Wildman–Crippen MR) is 53.5 cm³/mol. The van der Waals surface area contributed by atoms with Crippen molar-refractivity contribution in [2.45, 2.75) is 19.3 Å². The van der Waals surface area contributed by atoms with Gasteiger partial charge in [-0.1, -0.05) is 5.16 Å². The maximum Gasteiger partial charge on any atom is 0.202 e. The Balaban J connectivity index is 1.89. The molecule has 1 aromatic rings. The fourth-order valence-electron chi connectivity index (χ4n) is 1.78. The first-order chi connectivity index (χ1) is 6.34. The molecule has 0 radical (unpaired) electrons. The molecule has 13 heavy (non-hydrogen) atoms. The van der Waals surface area contributed by atoms with Crippen molar-refractivity contribution in [2.24, 2.45) is 5.92 Å². The summed E-state index contributed by atoms with van der Waals surface area (Å²) in [6, 6.07) is 1.95. The van der Waals surface area contributed by atoms with Gasteiger partial charge in [-0.25, -0.2) is 0 Å². The van der Waals surface area contributed by atoms with Gasteiger partial charge in [0.15, 0.2) is 0 Å². The van der Waals surface area contributed by atoms with Crippen molar-refractivity contribution in [1.82, 2.24) is 10.5 Å². The summed E-state index contributed by atoms with van der Waals surface area (Å²) in [7, 11) is 0. The van der Waals surface area contributed by atoms with Gasteiger partial charge in [0.05, 0.1) is 5.69 Å². The Morgan fingerprint density at radius 3 is 3.23 bits per heavy atom. The summed E-state index contributed by atoms with van der Waals surface area (Å²) in [5.41, 5.74) is 1.06. The van der Waals surface area contributed by atoms with Crippen LogP contribution in [0.3, 0.4) is 0 Å². The molecule has 1 atom stereocenters. The molecule has 2 heterocycles. The van der Waals surface area contributed by atoms with E-state index < -0.39 is 0 Å². The van der Waals surface area contributed by atoms with E-state index in [2.05, 4.69) is 26.4 Å². The van der Waals surface area contributed by atoms with Crippen molar-refractivity contribution in [3.05, 3.63) is 16.4 Å². The number of piperidine rings is 1. The first-order valence-corrected chi connectivity index (χ1v) is 5.46. The Kier molecular flexibility index (Phi) is 3.01. The van der Waals surface area contributed by atoms with Gasteiger partial charge in [0.1, 0.15) is 0 Å². The molecule has 0 aliphatic carbocycles. The van der Waals surface area contributed by atoms with Crippen LogP contribution in [0, 0.1) is 5.92 Å². The van der Waals surface area contributed by atoms with Gasteiger partial charge in [-0.05, 0) is 54.2 Å². The highest BCUT2D eigenvalue weighted by atomic mass is 79.9. The van der Waals surface area contributed by atoms with Crippen molar-refractivity contribution >= 4 is 15.9 Å². The van der Waals surface area contributed by atoms with Crippen molar-refractivity contribution < 1.29 is 4.52 Å². The Labute approximate surface area is 86.0 Å². The minimum atomic E-state index is 0.728. The highest BCUT2D eigenvalue weighted by Crippen LogP contribution is 2.18. The number of nitrogens with one attached hydrogen (secondary N) is 1. The van der Waals surface area contributed by atoms with Crippen molar-refractivity contribution in [1.29, 1.82) is 0 Å². The molecule has 1 N–H and O–H groups in total.